The number of sulfonamides is 1. The summed E-state index contributed by atoms with van der Waals surface area (Å²) < 4.78 is 24.1. The van der Waals surface area contributed by atoms with Gasteiger partial charge >= 0.3 is 5.97 Å². The molecular formula is C9H16N2O5S. The molecule has 8 heteroatoms. The average Bonchev–Trinajstić information content (AvgIpc) is 2.61. The van der Waals surface area contributed by atoms with Gasteiger partial charge in [0.2, 0.25) is 15.9 Å². The summed E-state index contributed by atoms with van der Waals surface area (Å²) in [5.74, 6) is -1.55. The zero-order valence-corrected chi connectivity index (χ0v) is 10.5. The Morgan fingerprint density at radius 2 is 2.06 bits per heavy atom. The fourth-order valence-corrected chi connectivity index (χ4v) is 2.65. The van der Waals surface area contributed by atoms with Gasteiger partial charge in [0.1, 0.15) is 6.04 Å². The van der Waals surface area contributed by atoms with Crippen molar-refractivity contribution in [3.8, 4) is 0 Å². The minimum Gasteiger partial charge on any atom is -0.480 e. The van der Waals surface area contributed by atoms with Crippen LogP contribution in [-0.4, -0.2) is 55.2 Å². The number of hydrogen-bond acceptors (Lipinski definition) is 4. The minimum atomic E-state index is -3.48. The second-order valence-electron chi connectivity index (χ2n) is 4.14. The Kier molecular flexibility index (Phi) is 4.10. The van der Waals surface area contributed by atoms with Crippen LogP contribution in [0.1, 0.15) is 19.8 Å². The standard InChI is InChI=1S/C9H16N2O5S/c1-6(10-17(2,15)16)8(12)11-5-3-4-7(11)9(13)14/h6-7,10H,3-5H2,1-2H3,(H,13,14)/t6-,7-/m1/s1. The minimum absolute atomic E-state index is 0.353. The first-order valence-corrected chi connectivity index (χ1v) is 7.12. The summed E-state index contributed by atoms with van der Waals surface area (Å²) in [7, 11) is -3.48. The molecule has 1 aliphatic heterocycles. The molecule has 0 radical (unpaired) electrons. The molecule has 1 aliphatic rings. The van der Waals surface area contributed by atoms with Gasteiger partial charge in [-0.15, -0.1) is 0 Å². The molecule has 98 valence electrons. The van der Waals surface area contributed by atoms with Crippen molar-refractivity contribution < 1.29 is 23.1 Å². The van der Waals surface area contributed by atoms with Crippen molar-refractivity contribution in [2.24, 2.45) is 0 Å². The third-order valence-electron chi connectivity index (χ3n) is 2.58. The number of hydrogen-bond donors (Lipinski definition) is 2. The normalized spacial score (nSPS) is 22.5. The lowest BCUT2D eigenvalue weighted by molar-refractivity contribution is -0.148. The molecule has 2 atom stereocenters. The van der Waals surface area contributed by atoms with E-state index in [-0.39, 0.29) is 0 Å². The predicted octanol–water partition coefficient (Wildman–Crippen LogP) is -1.00. The second kappa shape index (κ2) is 5.01. The molecule has 7 nitrogen and oxygen atoms in total. The summed E-state index contributed by atoms with van der Waals surface area (Å²) in [6.45, 7) is 1.76. The molecular weight excluding hydrogens is 248 g/mol. The smallest absolute Gasteiger partial charge is 0.326 e. The van der Waals surface area contributed by atoms with E-state index in [1.54, 1.807) is 0 Å². The first-order chi connectivity index (χ1) is 7.72. The molecule has 0 bridgehead atoms. The zero-order valence-electron chi connectivity index (χ0n) is 9.71. The van der Waals surface area contributed by atoms with Crippen LogP contribution in [0.25, 0.3) is 0 Å². The maximum Gasteiger partial charge on any atom is 0.326 e. The van der Waals surface area contributed by atoms with E-state index in [0.29, 0.717) is 19.4 Å². The molecule has 0 aromatic heterocycles. The molecule has 0 spiro atoms. The molecule has 1 saturated heterocycles. The van der Waals surface area contributed by atoms with Crippen molar-refractivity contribution in [2.45, 2.75) is 31.8 Å². The van der Waals surface area contributed by atoms with Gasteiger partial charge in [-0.3, -0.25) is 4.79 Å². The molecule has 0 aromatic carbocycles. The average molecular weight is 264 g/mol. The molecule has 0 saturated carbocycles. The molecule has 17 heavy (non-hydrogen) atoms. The van der Waals surface area contributed by atoms with Gasteiger partial charge in [-0.25, -0.2) is 17.9 Å². The van der Waals surface area contributed by atoms with Crippen LogP contribution in [0.15, 0.2) is 0 Å². The highest BCUT2D eigenvalue weighted by molar-refractivity contribution is 7.88. The second-order valence-corrected chi connectivity index (χ2v) is 5.92. The van der Waals surface area contributed by atoms with Gasteiger partial charge in [-0.1, -0.05) is 0 Å². The Morgan fingerprint density at radius 1 is 1.47 bits per heavy atom. The monoisotopic (exact) mass is 264 g/mol. The van der Waals surface area contributed by atoms with Gasteiger partial charge in [0, 0.05) is 6.54 Å². The van der Waals surface area contributed by atoms with Crippen LogP contribution in [0.5, 0.6) is 0 Å². The van der Waals surface area contributed by atoms with Gasteiger partial charge in [0.25, 0.3) is 0 Å². The summed E-state index contributed by atoms with van der Waals surface area (Å²) in [5.41, 5.74) is 0. The fraction of sp³-hybridized carbons (Fsp3) is 0.778. The third-order valence-corrected chi connectivity index (χ3v) is 3.36. The van der Waals surface area contributed by atoms with Crippen LogP contribution in [0.2, 0.25) is 0 Å². The van der Waals surface area contributed by atoms with E-state index in [2.05, 4.69) is 4.72 Å². The van der Waals surface area contributed by atoms with Crippen molar-refractivity contribution in [3.05, 3.63) is 0 Å². The number of nitrogens with one attached hydrogen (secondary N) is 1. The topological polar surface area (TPSA) is 104 Å². The molecule has 1 amide bonds. The molecule has 0 aromatic rings. The summed E-state index contributed by atoms with van der Waals surface area (Å²) >= 11 is 0. The Hall–Kier alpha value is -1.15. The number of carbonyl (C=O) groups excluding carboxylic acids is 1. The zero-order chi connectivity index (χ0) is 13.2. The molecule has 1 fully saturated rings. The first kappa shape index (κ1) is 13.9. The van der Waals surface area contributed by atoms with E-state index >= 15 is 0 Å². The van der Waals surface area contributed by atoms with E-state index in [4.69, 9.17) is 5.11 Å². The quantitative estimate of drug-likeness (QED) is 0.677. The Morgan fingerprint density at radius 3 is 2.53 bits per heavy atom. The maximum atomic E-state index is 11.9. The lowest BCUT2D eigenvalue weighted by Crippen LogP contribution is -2.50. The molecule has 1 rings (SSSR count). The summed E-state index contributed by atoms with van der Waals surface area (Å²) in [4.78, 5) is 24.0. The van der Waals surface area contributed by atoms with Crippen LogP contribution in [0.4, 0.5) is 0 Å². The predicted molar refractivity (Wildman–Crippen MR) is 59.8 cm³/mol. The van der Waals surface area contributed by atoms with Crippen LogP contribution >= 0.6 is 0 Å². The lowest BCUT2D eigenvalue weighted by atomic mass is 10.2. The van der Waals surface area contributed by atoms with Gasteiger partial charge in [-0.2, -0.15) is 0 Å². The van der Waals surface area contributed by atoms with Crippen LogP contribution < -0.4 is 4.72 Å². The summed E-state index contributed by atoms with van der Waals surface area (Å²) in [6.07, 6.45) is 1.98. The van der Waals surface area contributed by atoms with Crippen molar-refractivity contribution in [1.82, 2.24) is 9.62 Å². The largest absolute Gasteiger partial charge is 0.480 e. The SMILES string of the molecule is C[C@@H](NS(C)(=O)=O)C(=O)N1CCC[C@@H]1C(=O)O. The Bertz CT molecular complexity index is 419. The summed E-state index contributed by atoms with van der Waals surface area (Å²) in [6, 6.07) is -1.78. The first-order valence-electron chi connectivity index (χ1n) is 5.23. The van der Waals surface area contributed by atoms with Crippen molar-refractivity contribution >= 4 is 21.9 Å². The van der Waals surface area contributed by atoms with Crippen molar-refractivity contribution in [2.75, 3.05) is 12.8 Å². The number of carbonyl (C=O) groups is 2. The highest BCUT2D eigenvalue weighted by Crippen LogP contribution is 2.18. The number of amides is 1. The maximum absolute atomic E-state index is 11.9. The number of carboxylic acid groups (broad SMARTS) is 1. The Labute approximate surface area is 99.8 Å². The number of carboxylic acids is 1. The molecule has 0 aliphatic carbocycles. The fourth-order valence-electron chi connectivity index (χ4n) is 1.91. The van der Waals surface area contributed by atoms with Crippen LogP contribution in [-0.2, 0) is 19.6 Å². The van der Waals surface area contributed by atoms with Crippen molar-refractivity contribution in [3.63, 3.8) is 0 Å². The highest BCUT2D eigenvalue weighted by Gasteiger charge is 2.36. The van der Waals surface area contributed by atoms with Crippen LogP contribution in [0.3, 0.4) is 0 Å². The van der Waals surface area contributed by atoms with E-state index in [1.165, 1.54) is 11.8 Å². The lowest BCUT2D eigenvalue weighted by Gasteiger charge is -2.24. The van der Waals surface area contributed by atoms with Gasteiger partial charge in [0.15, 0.2) is 0 Å². The Balaban J connectivity index is 2.72. The van der Waals surface area contributed by atoms with E-state index in [9.17, 15) is 18.0 Å². The van der Waals surface area contributed by atoms with Gasteiger partial charge < -0.3 is 10.0 Å². The van der Waals surface area contributed by atoms with Crippen LogP contribution in [0, 0.1) is 0 Å². The molecule has 1 heterocycles. The van der Waals surface area contributed by atoms with E-state index < -0.39 is 34.0 Å². The van der Waals surface area contributed by atoms with E-state index in [1.807, 2.05) is 0 Å². The van der Waals surface area contributed by atoms with Gasteiger partial charge in [-0.05, 0) is 19.8 Å². The third kappa shape index (κ3) is 3.67. The van der Waals surface area contributed by atoms with Gasteiger partial charge in [0.05, 0.1) is 12.3 Å². The summed E-state index contributed by atoms with van der Waals surface area (Å²) in [5, 5.41) is 8.91. The molecule has 0 unspecified atom stereocenters. The number of likely N-dealkylation sites (tertiary alicyclic amines) is 1. The van der Waals surface area contributed by atoms with Crippen molar-refractivity contribution in [1.29, 1.82) is 0 Å². The number of rotatable bonds is 4. The molecule has 2 N–H and O–H groups in total. The number of nitrogens with zero attached hydrogens (tertiary/aromatic N) is 1. The van der Waals surface area contributed by atoms with E-state index in [0.717, 1.165) is 6.26 Å². The number of aliphatic carboxylic acids is 1. The highest BCUT2D eigenvalue weighted by atomic mass is 32.2.